The zero-order valence-corrected chi connectivity index (χ0v) is 13.8. The van der Waals surface area contributed by atoms with Gasteiger partial charge in [-0.25, -0.2) is 4.98 Å². The summed E-state index contributed by atoms with van der Waals surface area (Å²) in [5.74, 6) is 0.212. The molecular formula is C17H14N4O2S. The van der Waals surface area contributed by atoms with Gasteiger partial charge in [0.25, 0.3) is 0 Å². The second-order valence-electron chi connectivity index (χ2n) is 5.23. The SMILES string of the molecule is CCOC(=O)Cc1nnc2c3c(-c4ccccc4)csc3ncn12. The van der Waals surface area contributed by atoms with Gasteiger partial charge >= 0.3 is 5.97 Å². The number of fused-ring (bicyclic) bond motifs is 3. The number of hydrogen-bond donors (Lipinski definition) is 0. The van der Waals surface area contributed by atoms with E-state index in [0.717, 1.165) is 21.3 Å². The van der Waals surface area contributed by atoms with Crippen LogP contribution < -0.4 is 0 Å². The largest absolute Gasteiger partial charge is 0.466 e. The molecule has 0 N–H and O–H groups in total. The van der Waals surface area contributed by atoms with E-state index in [9.17, 15) is 4.79 Å². The van der Waals surface area contributed by atoms with Crippen LogP contribution in [0.25, 0.3) is 27.0 Å². The molecule has 3 heterocycles. The molecule has 0 aliphatic carbocycles. The normalized spacial score (nSPS) is 11.2. The lowest BCUT2D eigenvalue weighted by atomic mass is 10.1. The standard InChI is InChI=1S/C17H14N4O2S/c1-2-23-14(22)8-13-19-20-16-15-12(11-6-4-3-5-7-11)9-24-17(15)18-10-21(13)16/h3-7,9-10H,2,8H2,1H3. The predicted octanol–water partition coefficient (Wildman–Crippen LogP) is 3.11. The van der Waals surface area contributed by atoms with Crippen LogP contribution >= 0.6 is 11.3 Å². The minimum atomic E-state index is -0.319. The third-order valence-corrected chi connectivity index (χ3v) is 4.63. The summed E-state index contributed by atoms with van der Waals surface area (Å²) in [6.07, 6.45) is 1.74. The lowest BCUT2D eigenvalue weighted by molar-refractivity contribution is -0.142. The van der Waals surface area contributed by atoms with Gasteiger partial charge in [0.05, 0.1) is 12.0 Å². The highest BCUT2D eigenvalue weighted by Gasteiger charge is 2.17. The van der Waals surface area contributed by atoms with Crippen LogP contribution in [0.4, 0.5) is 0 Å². The minimum absolute atomic E-state index is 0.0764. The molecule has 0 saturated carbocycles. The zero-order chi connectivity index (χ0) is 16.5. The molecule has 0 atom stereocenters. The minimum Gasteiger partial charge on any atom is -0.466 e. The number of ether oxygens (including phenoxy) is 1. The smallest absolute Gasteiger partial charge is 0.313 e. The van der Waals surface area contributed by atoms with E-state index in [1.165, 1.54) is 0 Å². The van der Waals surface area contributed by atoms with Gasteiger partial charge in [0, 0.05) is 10.9 Å². The van der Waals surface area contributed by atoms with E-state index < -0.39 is 0 Å². The van der Waals surface area contributed by atoms with Gasteiger partial charge in [0.1, 0.15) is 23.4 Å². The average Bonchev–Trinajstić information content (AvgIpc) is 3.20. The monoisotopic (exact) mass is 338 g/mol. The topological polar surface area (TPSA) is 69.4 Å². The fourth-order valence-corrected chi connectivity index (χ4v) is 3.59. The molecule has 0 saturated heterocycles. The Hall–Kier alpha value is -2.80. The van der Waals surface area contributed by atoms with Crippen LogP contribution in [-0.2, 0) is 16.0 Å². The fourth-order valence-electron chi connectivity index (χ4n) is 2.68. The van der Waals surface area contributed by atoms with E-state index in [1.54, 1.807) is 29.0 Å². The Morgan fingerprint density at radius 2 is 2.08 bits per heavy atom. The zero-order valence-electron chi connectivity index (χ0n) is 13.0. The molecule has 0 amide bonds. The predicted molar refractivity (Wildman–Crippen MR) is 91.9 cm³/mol. The number of aromatic nitrogens is 4. The summed E-state index contributed by atoms with van der Waals surface area (Å²) >= 11 is 1.57. The first-order valence-corrected chi connectivity index (χ1v) is 8.46. The maximum atomic E-state index is 11.7. The van der Waals surface area contributed by atoms with Gasteiger partial charge in [0.2, 0.25) is 0 Å². The van der Waals surface area contributed by atoms with Crippen molar-refractivity contribution in [3.63, 3.8) is 0 Å². The molecule has 1 aromatic carbocycles. The van der Waals surface area contributed by atoms with Crippen molar-refractivity contribution >= 4 is 33.2 Å². The maximum Gasteiger partial charge on any atom is 0.313 e. The molecule has 4 aromatic rings. The van der Waals surface area contributed by atoms with E-state index in [-0.39, 0.29) is 12.4 Å². The second-order valence-corrected chi connectivity index (χ2v) is 6.09. The first-order valence-electron chi connectivity index (χ1n) is 7.58. The molecule has 0 spiro atoms. The molecule has 0 unspecified atom stereocenters. The van der Waals surface area contributed by atoms with Gasteiger partial charge in [-0.3, -0.25) is 9.20 Å². The van der Waals surface area contributed by atoms with Crippen LogP contribution in [0.15, 0.2) is 42.0 Å². The molecule has 3 aromatic heterocycles. The van der Waals surface area contributed by atoms with E-state index in [4.69, 9.17) is 4.74 Å². The summed E-state index contributed by atoms with van der Waals surface area (Å²) in [4.78, 5) is 17.1. The van der Waals surface area contributed by atoms with Crippen molar-refractivity contribution in [1.29, 1.82) is 0 Å². The molecule has 7 heteroatoms. The van der Waals surface area contributed by atoms with Crippen molar-refractivity contribution in [2.75, 3.05) is 6.61 Å². The van der Waals surface area contributed by atoms with Crippen molar-refractivity contribution < 1.29 is 9.53 Å². The van der Waals surface area contributed by atoms with Crippen LogP contribution in [0.5, 0.6) is 0 Å². The Morgan fingerprint density at radius 3 is 2.88 bits per heavy atom. The highest BCUT2D eigenvalue weighted by Crippen LogP contribution is 2.34. The van der Waals surface area contributed by atoms with Crippen LogP contribution in [0.2, 0.25) is 0 Å². The quantitative estimate of drug-likeness (QED) is 0.535. The molecule has 6 nitrogen and oxygen atoms in total. The number of thiophene rings is 1. The molecule has 0 bridgehead atoms. The summed E-state index contributed by atoms with van der Waals surface area (Å²) in [7, 11) is 0. The molecule has 0 aliphatic heterocycles. The van der Waals surface area contributed by atoms with Gasteiger partial charge in [-0.05, 0) is 12.5 Å². The van der Waals surface area contributed by atoms with E-state index in [0.29, 0.717) is 18.1 Å². The first-order chi connectivity index (χ1) is 11.8. The Balaban J connectivity index is 1.87. The molecule has 0 radical (unpaired) electrons. The van der Waals surface area contributed by atoms with Crippen LogP contribution in [-0.4, -0.2) is 32.2 Å². The summed E-state index contributed by atoms with van der Waals surface area (Å²) in [5, 5.41) is 11.5. The molecule has 4 rings (SSSR count). The van der Waals surface area contributed by atoms with Crippen molar-refractivity contribution in [1.82, 2.24) is 19.6 Å². The number of carbonyl (C=O) groups excluding carboxylic acids is 1. The third-order valence-electron chi connectivity index (χ3n) is 3.74. The van der Waals surface area contributed by atoms with E-state index in [1.807, 2.05) is 18.2 Å². The van der Waals surface area contributed by atoms with Gasteiger partial charge in [-0.15, -0.1) is 21.5 Å². The van der Waals surface area contributed by atoms with E-state index >= 15 is 0 Å². The lowest BCUT2D eigenvalue weighted by Crippen LogP contribution is -2.10. The number of nitrogens with zero attached hydrogens (tertiary/aromatic N) is 4. The lowest BCUT2D eigenvalue weighted by Gasteiger charge is -2.02. The number of carbonyl (C=O) groups is 1. The Kier molecular flexibility index (Phi) is 3.70. The Labute approximate surface area is 141 Å². The maximum absolute atomic E-state index is 11.7. The van der Waals surface area contributed by atoms with Gasteiger partial charge in [-0.1, -0.05) is 30.3 Å². The van der Waals surface area contributed by atoms with Crippen LogP contribution in [0.3, 0.4) is 0 Å². The summed E-state index contributed by atoms with van der Waals surface area (Å²) in [5.41, 5.74) is 2.89. The summed E-state index contributed by atoms with van der Waals surface area (Å²) in [6, 6.07) is 10.1. The van der Waals surface area contributed by atoms with Gasteiger partial charge < -0.3 is 4.74 Å². The van der Waals surface area contributed by atoms with Crippen molar-refractivity contribution in [3.8, 4) is 11.1 Å². The van der Waals surface area contributed by atoms with Crippen molar-refractivity contribution in [3.05, 3.63) is 47.9 Å². The highest BCUT2D eigenvalue weighted by atomic mass is 32.1. The van der Waals surface area contributed by atoms with Crippen LogP contribution in [0.1, 0.15) is 12.7 Å². The number of esters is 1. The molecule has 0 aliphatic rings. The highest BCUT2D eigenvalue weighted by molar-refractivity contribution is 7.17. The van der Waals surface area contributed by atoms with Gasteiger partial charge in [0.15, 0.2) is 5.65 Å². The van der Waals surface area contributed by atoms with Gasteiger partial charge in [-0.2, -0.15) is 0 Å². The molecule has 0 fully saturated rings. The summed E-state index contributed by atoms with van der Waals surface area (Å²) < 4.78 is 6.75. The number of rotatable bonds is 4. The Morgan fingerprint density at radius 1 is 1.25 bits per heavy atom. The third kappa shape index (κ3) is 2.43. The molecule has 120 valence electrons. The number of hydrogen-bond acceptors (Lipinski definition) is 6. The van der Waals surface area contributed by atoms with Crippen molar-refractivity contribution in [2.24, 2.45) is 0 Å². The average molecular weight is 338 g/mol. The first kappa shape index (κ1) is 14.8. The van der Waals surface area contributed by atoms with E-state index in [2.05, 4.69) is 32.7 Å². The molecular weight excluding hydrogens is 324 g/mol. The molecule has 24 heavy (non-hydrogen) atoms. The Bertz CT molecular complexity index is 1020. The fraction of sp³-hybridized carbons (Fsp3) is 0.176. The van der Waals surface area contributed by atoms with Crippen molar-refractivity contribution in [2.45, 2.75) is 13.3 Å². The second kappa shape index (κ2) is 6.01. The summed E-state index contributed by atoms with van der Waals surface area (Å²) in [6.45, 7) is 2.13. The number of benzene rings is 1. The van der Waals surface area contributed by atoms with Crippen LogP contribution in [0, 0.1) is 0 Å².